The molecular weight excluding hydrogens is 489 g/mol. The molecule has 1 N–H and O–H groups in total. The summed E-state index contributed by atoms with van der Waals surface area (Å²) in [6.07, 6.45) is 1.33. The average Bonchev–Trinajstić information content (AvgIpc) is 3.27. The van der Waals surface area contributed by atoms with Crippen LogP contribution in [-0.2, 0) is 26.2 Å². The van der Waals surface area contributed by atoms with Gasteiger partial charge in [0, 0.05) is 31.6 Å². The molecule has 0 fully saturated rings. The number of fused-ring (bicyclic) bond motifs is 1. The van der Waals surface area contributed by atoms with Crippen molar-refractivity contribution >= 4 is 27.5 Å². The van der Waals surface area contributed by atoms with Gasteiger partial charge in [-0.15, -0.1) is 0 Å². The predicted octanol–water partition coefficient (Wildman–Crippen LogP) is 3.04. The highest BCUT2D eigenvalue weighted by atomic mass is 32.2. The third-order valence-corrected chi connectivity index (χ3v) is 6.85. The average molecular weight is 522 g/mol. The van der Waals surface area contributed by atoms with Crippen LogP contribution in [0.1, 0.15) is 39.2 Å². The van der Waals surface area contributed by atoms with Crippen molar-refractivity contribution in [3.8, 4) is 11.5 Å². The lowest BCUT2D eigenvalue weighted by molar-refractivity contribution is -0.140. The van der Waals surface area contributed by atoms with Gasteiger partial charge in [0.2, 0.25) is 28.6 Å². The SMILES string of the molecule is CC(C)NC(=O)[C@@H](C)N(Cc1ccc(F)cc1)C(=O)CCCN(c1ccc2c(c1)OCO2)S(C)(=O)=O. The zero-order valence-corrected chi connectivity index (χ0v) is 21.7. The first-order chi connectivity index (χ1) is 17.0. The van der Waals surface area contributed by atoms with Crippen molar-refractivity contribution in [2.45, 2.75) is 52.2 Å². The maximum atomic E-state index is 13.4. The third kappa shape index (κ3) is 7.09. The largest absolute Gasteiger partial charge is 0.454 e. The van der Waals surface area contributed by atoms with Crippen LogP contribution in [-0.4, -0.2) is 56.8 Å². The monoisotopic (exact) mass is 521 g/mol. The summed E-state index contributed by atoms with van der Waals surface area (Å²) >= 11 is 0. The number of nitrogens with zero attached hydrogens (tertiary/aromatic N) is 2. The molecule has 1 heterocycles. The Bertz CT molecular complexity index is 1190. The van der Waals surface area contributed by atoms with Gasteiger partial charge in [0.25, 0.3) is 0 Å². The van der Waals surface area contributed by atoms with E-state index in [1.54, 1.807) is 37.3 Å². The highest BCUT2D eigenvalue weighted by Crippen LogP contribution is 2.36. The molecule has 2 aromatic carbocycles. The minimum absolute atomic E-state index is 0.0110. The van der Waals surface area contributed by atoms with E-state index in [1.165, 1.54) is 21.3 Å². The fourth-order valence-electron chi connectivity index (χ4n) is 3.82. The normalized spacial score (nSPS) is 13.4. The number of sulfonamides is 1. The van der Waals surface area contributed by atoms with Crippen LogP contribution in [0.4, 0.5) is 10.1 Å². The van der Waals surface area contributed by atoms with E-state index >= 15 is 0 Å². The minimum Gasteiger partial charge on any atom is -0.454 e. The zero-order valence-electron chi connectivity index (χ0n) is 20.9. The van der Waals surface area contributed by atoms with Crippen LogP contribution < -0.4 is 19.1 Å². The van der Waals surface area contributed by atoms with E-state index in [2.05, 4.69) is 5.32 Å². The predicted molar refractivity (Wildman–Crippen MR) is 134 cm³/mol. The number of hydrogen-bond donors (Lipinski definition) is 1. The van der Waals surface area contributed by atoms with Gasteiger partial charge in [0.05, 0.1) is 11.9 Å². The van der Waals surface area contributed by atoms with Gasteiger partial charge >= 0.3 is 0 Å². The number of halogens is 1. The first-order valence-electron chi connectivity index (χ1n) is 11.7. The quantitative estimate of drug-likeness (QED) is 0.487. The fraction of sp³-hybridized carbons (Fsp3) is 0.440. The molecule has 1 aliphatic rings. The summed E-state index contributed by atoms with van der Waals surface area (Å²) in [5.41, 5.74) is 1.08. The molecular formula is C25H32FN3O6S. The van der Waals surface area contributed by atoms with Crippen molar-refractivity contribution in [3.63, 3.8) is 0 Å². The Morgan fingerprint density at radius 2 is 1.72 bits per heavy atom. The number of carbonyl (C=O) groups is 2. The Morgan fingerprint density at radius 1 is 1.06 bits per heavy atom. The van der Waals surface area contributed by atoms with Crippen molar-refractivity contribution in [1.82, 2.24) is 10.2 Å². The van der Waals surface area contributed by atoms with Crippen LogP contribution in [0.15, 0.2) is 42.5 Å². The van der Waals surface area contributed by atoms with E-state index in [0.717, 1.165) is 6.26 Å². The fourth-order valence-corrected chi connectivity index (χ4v) is 4.78. The lowest BCUT2D eigenvalue weighted by Gasteiger charge is -2.30. The number of rotatable bonds is 11. The molecule has 2 amide bonds. The van der Waals surface area contributed by atoms with E-state index in [-0.39, 0.29) is 50.6 Å². The summed E-state index contributed by atoms with van der Waals surface area (Å²) in [5.74, 6) is -0.0322. The molecule has 1 atom stereocenters. The number of nitrogens with one attached hydrogen (secondary N) is 1. The van der Waals surface area contributed by atoms with Gasteiger partial charge < -0.3 is 19.7 Å². The van der Waals surface area contributed by atoms with Crippen LogP contribution >= 0.6 is 0 Å². The Labute approximate surface area is 211 Å². The molecule has 3 rings (SSSR count). The van der Waals surface area contributed by atoms with Gasteiger partial charge in [-0.1, -0.05) is 12.1 Å². The van der Waals surface area contributed by atoms with E-state index in [9.17, 15) is 22.4 Å². The Balaban J connectivity index is 1.72. The van der Waals surface area contributed by atoms with Crippen molar-refractivity contribution in [2.24, 2.45) is 0 Å². The lowest BCUT2D eigenvalue weighted by atomic mass is 10.1. The van der Waals surface area contributed by atoms with E-state index < -0.39 is 21.9 Å². The molecule has 11 heteroatoms. The molecule has 0 aromatic heterocycles. The molecule has 1 aliphatic heterocycles. The summed E-state index contributed by atoms with van der Waals surface area (Å²) in [5, 5.41) is 2.81. The van der Waals surface area contributed by atoms with Crippen molar-refractivity contribution < 1.29 is 31.9 Å². The highest BCUT2D eigenvalue weighted by Gasteiger charge is 2.27. The number of anilines is 1. The number of benzene rings is 2. The standard InChI is InChI=1S/C25H32FN3O6S/c1-17(2)27-25(31)18(3)28(15-19-7-9-20(26)10-8-19)24(30)6-5-13-29(36(4,32)33)21-11-12-22-23(14-21)35-16-34-22/h7-12,14,17-18H,5-6,13,15-16H2,1-4H3,(H,27,31)/t18-/m1/s1. The number of hydrogen-bond acceptors (Lipinski definition) is 6. The second-order valence-electron chi connectivity index (χ2n) is 8.96. The van der Waals surface area contributed by atoms with Crippen molar-refractivity contribution in [2.75, 3.05) is 23.9 Å². The molecule has 196 valence electrons. The molecule has 0 radical (unpaired) electrons. The van der Waals surface area contributed by atoms with Crippen LogP contribution in [0.3, 0.4) is 0 Å². The maximum Gasteiger partial charge on any atom is 0.242 e. The van der Waals surface area contributed by atoms with Crippen LogP contribution in [0, 0.1) is 5.82 Å². The Morgan fingerprint density at radius 3 is 2.36 bits per heavy atom. The molecule has 0 saturated heterocycles. The number of amides is 2. The van der Waals surface area contributed by atoms with Crippen LogP contribution in [0.25, 0.3) is 0 Å². The Kier molecular flexibility index (Phi) is 8.78. The van der Waals surface area contributed by atoms with Gasteiger partial charge in [0.15, 0.2) is 11.5 Å². The van der Waals surface area contributed by atoms with E-state index in [1.807, 2.05) is 13.8 Å². The van der Waals surface area contributed by atoms with Crippen LogP contribution in [0.5, 0.6) is 11.5 Å². The summed E-state index contributed by atoms with van der Waals surface area (Å²) in [6, 6.07) is 9.69. The van der Waals surface area contributed by atoms with E-state index in [0.29, 0.717) is 22.7 Å². The van der Waals surface area contributed by atoms with Crippen LogP contribution in [0.2, 0.25) is 0 Å². The van der Waals surface area contributed by atoms with Crippen molar-refractivity contribution in [1.29, 1.82) is 0 Å². The second-order valence-corrected chi connectivity index (χ2v) is 10.9. The minimum atomic E-state index is -3.64. The maximum absolute atomic E-state index is 13.4. The third-order valence-electron chi connectivity index (χ3n) is 5.66. The molecule has 2 aromatic rings. The van der Waals surface area contributed by atoms with Gasteiger partial charge in [-0.05, 0) is 57.0 Å². The number of carbonyl (C=O) groups excluding carboxylic acids is 2. The molecule has 0 spiro atoms. The highest BCUT2D eigenvalue weighted by molar-refractivity contribution is 7.92. The topological polar surface area (TPSA) is 105 Å². The molecule has 0 bridgehead atoms. The summed E-state index contributed by atoms with van der Waals surface area (Å²) in [6.45, 7) is 5.53. The van der Waals surface area contributed by atoms with Gasteiger partial charge in [-0.2, -0.15) is 0 Å². The second kappa shape index (κ2) is 11.6. The molecule has 0 saturated carbocycles. The molecule has 0 unspecified atom stereocenters. The number of ether oxygens (including phenoxy) is 2. The molecule has 36 heavy (non-hydrogen) atoms. The summed E-state index contributed by atoms with van der Waals surface area (Å²) < 4.78 is 50.2. The first kappa shape index (κ1) is 27.3. The summed E-state index contributed by atoms with van der Waals surface area (Å²) in [4.78, 5) is 27.3. The van der Waals surface area contributed by atoms with Gasteiger partial charge in [-0.25, -0.2) is 12.8 Å². The molecule has 0 aliphatic carbocycles. The van der Waals surface area contributed by atoms with Crippen molar-refractivity contribution in [3.05, 3.63) is 53.8 Å². The lowest BCUT2D eigenvalue weighted by Crippen LogP contribution is -2.49. The van der Waals surface area contributed by atoms with Gasteiger partial charge in [0.1, 0.15) is 11.9 Å². The van der Waals surface area contributed by atoms with E-state index in [4.69, 9.17) is 9.47 Å². The zero-order chi connectivity index (χ0) is 26.5. The Hall–Kier alpha value is -3.34. The van der Waals surface area contributed by atoms with Gasteiger partial charge in [-0.3, -0.25) is 13.9 Å². The summed E-state index contributed by atoms with van der Waals surface area (Å²) in [7, 11) is -3.64. The first-order valence-corrected chi connectivity index (χ1v) is 13.5. The molecule has 9 nitrogen and oxygen atoms in total. The smallest absolute Gasteiger partial charge is 0.242 e.